The summed E-state index contributed by atoms with van der Waals surface area (Å²) in [5, 5.41) is 3.17. The fourth-order valence-corrected chi connectivity index (χ4v) is 3.49. The van der Waals surface area contributed by atoms with E-state index in [0.717, 1.165) is 0 Å². The van der Waals surface area contributed by atoms with E-state index in [1.165, 1.54) is 0 Å². The molecule has 0 fully saturated rings. The standard InChI is InChI=1S/C24H15ClN2O5/c25-18-7-2-1-6-17(18)22(28)26-16-5-3-4-14(10-16)11-19-24(29)32-23(27-19)15-8-9-20-21(12-15)31-13-30-20/h1-12H,13H2,(H,26,28). The van der Waals surface area contributed by atoms with Gasteiger partial charge in [-0.3, -0.25) is 4.79 Å². The van der Waals surface area contributed by atoms with Crippen molar-refractivity contribution in [3.05, 3.63) is 94.1 Å². The third kappa shape index (κ3) is 3.93. The first-order valence-corrected chi connectivity index (χ1v) is 10.0. The fourth-order valence-electron chi connectivity index (χ4n) is 3.27. The molecule has 0 bridgehead atoms. The van der Waals surface area contributed by atoms with Crippen molar-refractivity contribution >= 4 is 41.1 Å². The Morgan fingerprint density at radius 1 is 1.00 bits per heavy atom. The molecule has 2 heterocycles. The number of amides is 1. The minimum atomic E-state index is -0.567. The molecule has 32 heavy (non-hydrogen) atoms. The van der Waals surface area contributed by atoms with Crippen LogP contribution in [0, 0.1) is 0 Å². The van der Waals surface area contributed by atoms with Gasteiger partial charge < -0.3 is 19.5 Å². The number of carbonyl (C=O) groups is 2. The molecule has 0 aliphatic carbocycles. The van der Waals surface area contributed by atoms with Gasteiger partial charge in [-0.05, 0) is 54.1 Å². The van der Waals surface area contributed by atoms with Crippen LogP contribution in [0.1, 0.15) is 21.5 Å². The van der Waals surface area contributed by atoms with Crippen LogP contribution in [-0.4, -0.2) is 24.6 Å². The molecule has 0 saturated heterocycles. The van der Waals surface area contributed by atoms with Crippen molar-refractivity contribution < 1.29 is 23.8 Å². The topological polar surface area (TPSA) is 86.2 Å². The third-order valence-electron chi connectivity index (χ3n) is 4.81. The molecular formula is C24H15ClN2O5. The summed E-state index contributed by atoms with van der Waals surface area (Å²) in [6.07, 6.45) is 1.59. The molecule has 1 amide bonds. The Kier molecular flexibility index (Phi) is 5.09. The normalized spacial score (nSPS) is 15.5. The van der Waals surface area contributed by atoms with Gasteiger partial charge in [0.15, 0.2) is 17.2 Å². The second kappa shape index (κ2) is 8.20. The van der Waals surface area contributed by atoms with Gasteiger partial charge in [0.05, 0.1) is 10.6 Å². The highest BCUT2D eigenvalue weighted by Gasteiger charge is 2.26. The van der Waals surface area contributed by atoms with Gasteiger partial charge in [-0.25, -0.2) is 9.79 Å². The molecule has 0 radical (unpaired) electrons. The summed E-state index contributed by atoms with van der Waals surface area (Å²) < 4.78 is 16.0. The Hall–Kier alpha value is -4.10. The number of nitrogens with zero attached hydrogens (tertiary/aromatic N) is 1. The predicted octanol–water partition coefficient (Wildman–Crippen LogP) is 4.67. The lowest BCUT2D eigenvalue weighted by molar-refractivity contribution is -0.129. The number of benzene rings is 3. The summed E-state index contributed by atoms with van der Waals surface area (Å²) in [4.78, 5) is 29.1. The van der Waals surface area contributed by atoms with E-state index in [4.69, 9.17) is 25.8 Å². The number of fused-ring (bicyclic) bond motifs is 1. The maximum absolute atomic E-state index is 12.5. The summed E-state index contributed by atoms with van der Waals surface area (Å²) in [5.41, 5.74) is 2.34. The largest absolute Gasteiger partial charge is 0.454 e. The maximum atomic E-state index is 12.5. The molecule has 0 aromatic heterocycles. The molecule has 2 aliphatic rings. The molecule has 5 rings (SSSR count). The zero-order chi connectivity index (χ0) is 22.1. The number of hydrogen-bond donors (Lipinski definition) is 1. The number of cyclic esters (lactones) is 1. The minimum absolute atomic E-state index is 0.146. The quantitative estimate of drug-likeness (QED) is 0.465. The number of halogens is 1. The molecule has 1 N–H and O–H groups in total. The molecule has 0 saturated carbocycles. The van der Waals surface area contributed by atoms with Gasteiger partial charge in [-0.1, -0.05) is 35.9 Å². The van der Waals surface area contributed by atoms with Crippen LogP contribution in [0.25, 0.3) is 6.08 Å². The van der Waals surface area contributed by atoms with Gasteiger partial charge in [0.2, 0.25) is 12.7 Å². The number of esters is 1. The molecule has 0 unspecified atom stereocenters. The second-order valence-corrected chi connectivity index (χ2v) is 7.37. The number of carbonyl (C=O) groups excluding carboxylic acids is 2. The van der Waals surface area contributed by atoms with Crippen molar-refractivity contribution in [1.82, 2.24) is 0 Å². The van der Waals surface area contributed by atoms with Crippen molar-refractivity contribution in [3.8, 4) is 11.5 Å². The van der Waals surface area contributed by atoms with Gasteiger partial charge in [0.25, 0.3) is 5.91 Å². The van der Waals surface area contributed by atoms with Gasteiger partial charge >= 0.3 is 5.97 Å². The molecule has 0 atom stereocenters. The van der Waals surface area contributed by atoms with Crippen LogP contribution in [-0.2, 0) is 9.53 Å². The molecule has 8 heteroatoms. The second-order valence-electron chi connectivity index (χ2n) is 6.96. The Morgan fingerprint density at radius 2 is 1.84 bits per heavy atom. The first-order valence-electron chi connectivity index (χ1n) is 9.65. The lowest BCUT2D eigenvalue weighted by atomic mass is 10.1. The number of aliphatic imine (C=N–C) groups is 1. The predicted molar refractivity (Wildman–Crippen MR) is 119 cm³/mol. The van der Waals surface area contributed by atoms with Gasteiger partial charge in [-0.15, -0.1) is 0 Å². The molecular weight excluding hydrogens is 432 g/mol. The fraction of sp³-hybridized carbons (Fsp3) is 0.0417. The summed E-state index contributed by atoms with van der Waals surface area (Å²) in [6, 6.07) is 19.0. The Morgan fingerprint density at radius 3 is 2.72 bits per heavy atom. The maximum Gasteiger partial charge on any atom is 0.363 e. The van der Waals surface area contributed by atoms with Gasteiger partial charge in [-0.2, -0.15) is 0 Å². The lowest BCUT2D eigenvalue weighted by Crippen LogP contribution is -2.12. The van der Waals surface area contributed by atoms with Crippen LogP contribution in [0.4, 0.5) is 5.69 Å². The monoisotopic (exact) mass is 446 g/mol. The van der Waals surface area contributed by atoms with Crippen molar-refractivity contribution in [2.24, 2.45) is 4.99 Å². The highest BCUT2D eigenvalue weighted by molar-refractivity contribution is 6.34. The van der Waals surface area contributed by atoms with Crippen LogP contribution in [0.15, 0.2) is 77.4 Å². The Labute approximate surface area is 187 Å². The number of hydrogen-bond acceptors (Lipinski definition) is 6. The van der Waals surface area contributed by atoms with Crippen molar-refractivity contribution in [3.63, 3.8) is 0 Å². The first-order chi connectivity index (χ1) is 15.6. The van der Waals surface area contributed by atoms with E-state index in [1.54, 1.807) is 72.8 Å². The Balaban J connectivity index is 1.37. The van der Waals surface area contributed by atoms with Crippen LogP contribution >= 0.6 is 11.6 Å². The molecule has 3 aromatic rings. The average Bonchev–Trinajstić information content (AvgIpc) is 3.40. The van der Waals surface area contributed by atoms with Crippen LogP contribution in [0.3, 0.4) is 0 Å². The van der Waals surface area contributed by atoms with E-state index in [-0.39, 0.29) is 24.3 Å². The molecule has 158 valence electrons. The van der Waals surface area contributed by atoms with Crippen molar-refractivity contribution in [1.29, 1.82) is 0 Å². The Bertz CT molecular complexity index is 1320. The van der Waals surface area contributed by atoms with E-state index >= 15 is 0 Å². The molecule has 2 aliphatic heterocycles. The van der Waals surface area contributed by atoms with Crippen LogP contribution in [0.2, 0.25) is 5.02 Å². The average molecular weight is 447 g/mol. The first kappa shape index (κ1) is 19.8. The molecule has 3 aromatic carbocycles. The highest BCUT2D eigenvalue weighted by atomic mass is 35.5. The van der Waals surface area contributed by atoms with Crippen molar-refractivity contribution in [2.75, 3.05) is 12.1 Å². The summed E-state index contributed by atoms with van der Waals surface area (Å²) in [6.45, 7) is 0.152. The van der Waals surface area contributed by atoms with Crippen LogP contribution < -0.4 is 14.8 Å². The third-order valence-corrected chi connectivity index (χ3v) is 5.14. The number of anilines is 1. The number of ether oxygens (including phenoxy) is 3. The number of rotatable bonds is 4. The van der Waals surface area contributed by atoms with E-state index in [1.807, 2.05) is 0 Å². The smallest absolute Gasteiger partial charge is 0.363 e. The number of nitrogens with one attached hydrogen (secondary N) is 1. The summed E-state index contributed by atoms with van der Waals surface area (Å²) >= 11 is 6.09. The summed E-state index contributed by atoms with van der Waals surface area (Å²) in [5.74, 6) is 0.487. The van der Waals surface area contributed by atoms with Crippen molar-refractivity contribution in [2.45, 2.75) is 0 Å². The summed E-state index contributed by atoms with van der Waals surface area (Å²) in [7, 11) is 0. The minimum Gasteiger partial charge on any atom is -0.454 e. The van der Waals surface area contributed by atoms with Gasteiger partial charge in [0, 0.05) is 11.3 Å². The zero-order valence-corrected chi connectivity index (χ0v) is 17.3. The van der Waals surface area contributed by atoms with E-state index in [0.29, 0.717) is 38.9 Å². The lowest BCUT2D eigenvalue weighted by Gasteiger charge is -2.07. The SMILES string of the molecule is O=C1OC(c2ccc3c(c2)OCO3)=NC1=Cc1cccc(NC(=O)c2ccccc2Cl)c1. The van der Waals surface area contributed by atoms with Gasteiger partial charge in [0.1, 0.15) is 0 Å². The highest BCUT2D eigenvalue weighted by Crippen LogP contribution is 2.33. The molecule has 0 spiro atoms. The van der Waals surface area contributed by atoms with Crippen LogP contribution in [0.5, 0.6) is 11.5 Å². The van der Waals surface area contributed by atoms with E-state index < -0.39 is 5.97 Å². The van der Waals surface area contributed by atoms with E-state index in [2.05, 4.69) is 10.3 Å². The van der Waals surface area contributed by atoms with E-state index in [9.17, 15) is 9.59 Å². The molecule has 7 nitrogen and oxygen atoms in total. The zero-order valence-electron chi connectivity index (χ0n) is 16.5.